The number of Topliss-reactive ketones (excluding diaryl/α,β-unsaturated/α-hetero) is 1. The van der Waals surface area contributed by atoms with E-state index in [4.69, 9.17) is 25.5 Å². The second-order valence-electron chi connectivity index (χ2n) is 2.89. The maximum Gasteiger partial charge on any atom is 0.164 e. The van der Waals surface area contributed by atoms with Gasteiger partial charge in [-0.05, 0) is 6.92 Å². The van der Waals surface area contributed by atoms with Crippen molar-refractivity contribution in [3.05, 3.63) is 6.92 Å². The second kappa shape index (κ2) is 6.05. The van der Waals surface area contributed by atoms with Crippen molar-refractivity contribution >= 4 is 5.78 Å². The Bertz CT molecular complexity index is 183. The van der Waals surface area contributed by atoms with Gasteiger partial charge in [0.25, 0.3) is 0 Å². The second-order valence-corrected chi connectivity index (χ2v) is 2.89. The lowest BCUT2D eigenvalue weighted by Gasteiger charge is -2.24. The van der Waals surface area contributed by atoms with Crippen LogP contribution in [0.4, 0.5) is 0 Å². The molecule has 0 amide bonds. The van der Waals surface area contributed by atoms with Gasteiger partial charge < -0.3 is 25.5 Å². The molecule has 0 saturated carbocycles. The van der Waals surface area contributed by atoms with Crippen LogP contribution in [-0.4, -0.2) is 62.3 Å². The fourth-order valence-corrected chi connectivity index (χ4v) is 0.861. The third-order valence-electron chi connectivity index (χ3n) is 1.83. The molecule has 0 unspecified atom stereocenters. The van der Waals surface area contributed by atoms with Crippen molar-refractivity contribution in [3.63, 3.8) is 0 Å². The number of aliphatic hydroxyl groups is 5. The van der Waals surface area contributed by atoms with Crippen LogP contribution < -0.4 is 0 Å². The molecule has 6 nitrogen and oxygen atoms in total. The van der Waals surface area contributed by atoms with Gasteiger partial charge in [0, 0.05) is 6.42 Å². The van der Waals surface area contributed by atoms with E-state index in [0.717, 1.165) is 0 Å². The Morgan fingerprint density at radius 2 is 1.64 bits per heavy atom. The predicted octanol–water partition coefficient (Wildman–Crippen LogP) is -2.78. The highest BCUT2D eigenvalue weighted by Crippen LogP contribution is 2.06. The monoisotopic (exact) mass is 207 g/mol. The van der Waals surface area contributed by atoms with E-state index in [1.807, 2.05) is 0 Å². The summed E-state index contributed by atoms with van der Waals surface area (Å²) >= 11 is 0. The zero-order valence-corrected chi connectivity index (χ0v) is 7.58. The van der Waals surface area contributed by atoms with Crippen LogP contribution in [0, 0.1) is 6.92 Å². The fourth-order valence-electron chi connectivity index (χ4n) is 0.861. The summed E-state index contributed by atoms with van der Waals surface area (Å²) in [5.74, 6) is -0.748. The zero-order valence-electron chi connectivity index (χ0n) is 7.58. The van der Waals surface area contributed by atoms with Crippen LogP contribution in [0.1, 0.15) is 6.42 Å². The number of hydrogen-bond donors (Lipinski definition) is 5. The first-order valence-corrected chi connectivity index (χ1v) is 4.10. The topological polar surface area (TPSA) is 118 Å². The van der Waals surface area contributed by atoms with Crippen molar-refractivity contribution < 1.29 is 30.3 Å². The van der Waals surface area contributed by atoms with Gasteiger partial charge in [-0.2, -0.15) is 0 Å². The molecule has 0 aromatic carbocycles. The molecule has 0 aliphatic rings. The first kappa shape index (κ1) is 13.5. The number of hydrogen-bond acceptors (Lipinski definition) is 6. The van der Waals surface area contributed by atoms with Crippen LogP contribution in [0.5, 0.6) is 0 Å². The minimum absolute atomic E-state index is 0.236. The lowest BCUT2D eigenvalue weighted by Crippen LogP contribution is -2.48. The summed E-state index contributed by atoms with van der Waals surface area (Å²) in [5, 5.41) is 44.7. The molecule has 0 aliphatic heterocycles. The van der Waals surface area contributed by atoms with E-state index < -0.39 is 36.8 Å². The normalized spacial score (nSPS) is 19.9. The summed E-state index contributed by atoms with van der Waals surface area (Å²) in [6, 6.07) is 0. The summed E-state index contributed by atoms with van der Waals surface area (Å²) in [6.45, 7) is 2.42. The van der Waals surface area contributed by atoms with Crippen molar-refractivity contribution in [1.82, 2.24) is 0 Å². The van der Waals surface area contributed by atoms with Crippen molar-refractivity contribution in [1.29, 1.82) is 0 Å². The Labute approximate surface area is 81.4 Å². The molecule has 1 radical (unpaired) electrons. The van der Waals surface area contributed by atoms with Crippen molar-refractivity contribution in [2.75, 3.05) is 6.61 Å². The molecule has 4 atom stereocenters. The first-order chi connectivity index (χ1) is 6.45. The highest BCUT2D eigenvalue weighted by atomic mass is 16.4. The van der Waals surface area contributed by atoms with Gasteiger partial charge >= 0.3 is 0 Å². The van der Waals surface area contributed by atoms with Gasteiger partial charge in [0.15, 0.2) is 5.78 Å². The van der Waals surface area contributed by atoms with Gasteiger partial charge in [0.1, 0.15) is 24.4 Å². The molecule has 0 heterocycles. The minimum atomic E-state index is -1.83. The van der Waals surface area contributed by atoms with E-state index in [-0.39, 0.29) is 6.42 Å². The lowest BCUT2D eigenvalue weighted by atomic mass is 9.99. The van der Waals surface area contributed by atoms with E-state index >= 15 is 0 Å². The molecular weight excluding hydrogens is 192 g/mol. The van der Waals surface area contributed by atoms with Crippen molar-refractivity contribution in [2.45, 2.75) is 30.8 Å². The molecule has 5 N–H and O–H groups in total. The Morgan fingerprint density at radius 1 is 1.14 bits per heavy atom. The largest absolute Gasteiger partial charge is 0.394 e. The van der Waals surface area contributed by atoms with Gasteiger partial charge in [0.05, 0.1) is 6.61 Å². The molecule has 0 spiro atoms. The molecule has 83 valence electrons. The molecule has 0 fully saturated rings. The predicted molar refractivity (Wildman–Crippen MR) is 46.1 cm³/mol. The summed E-state index contributed by atoms with van der Waals surface area (Å²) < 4.78 is 0. The van der Waals surface area contributed by atoms with E-state index in [1.165, 1.54) is 0 Å². The smallest absolute Gasteiger partial charge is 0.164 e. The van der Waals surface area contributed by atoms with Crippen molar-refractivity contribution in [3.8, 4) is 0 Å². The van der Waals surface area contributed by atoms with E-state index in [2.05, 4.69) is 6.92 Å². The zero-order chi connectivity index (χ0) is 11.3. The molecule has 0 aliphatic carbocycles. The fraction of sp³-hybridized carbons (Fsp3) is 0.750. The summed E-state index contributed by atoms with van der Waals surface area (Å²) in [6.07, 6.45) is -7.24. The van der Waals surface area contributed by atoms with E-state index in [0.29, 0.717) is 0 Å². The van der Waals surface area contributed by atoms with Crippen LogP contribution in [0.25, 0.3) is 0 Å². The number of aliphatic hydroxyl groups excluding tert-OH is 5. The molecule has 0 aromatic rings. The third kappa shape index (κ3) is 3.32. The first-order valence-electron chi connectivity index (χ1n) is 4.10. The standard InChI is InChI=1S/C8H15O6/c1-2-4(10)6(12)8(14)7(13)5(11)3-9/h5-9,11-14H,1-3H2/t5-,6+,7-,8-/m1/s1. The SMILES string of the molecule is [CH2]CC(=O)[C@H](O)[C@@H](O)[C@H](O)[C@H](O)CO. The average molecular weight is 207 g/mol. The lowest BCUT2D eigenvalue weighted by molar-refractivity contribution is -0.146. The summed E-state index contributed by atoms with van der Waals surface area (Å²) in [7, 11) is 0. The molecule has 0 rings (SSSR count). The van der Waals surface area contributed by atoms with Crippen LogP contribution in [0.3, 0.4) is 0 Å². The summed E-state index contributed by atoms with van der Waals surface area (Å²) in [5.41, 5.74) is 0. The Hall–Kier alpha value is -0.530. The van der Waals surface area contributed by atoms with Gasteiger partial charge in [0.2, 0.25) is 0 Å². The molecule has 0 bridgehead atoms. The minimum Gasteiger partial charge on any atom is -0.394 e. The van der Waals surface area contributed by atoms with Gasteiger partial charge in [-0.3, -0.25) is 4.79 Å². The van der Waals surface area contributed by atoms with Gasteiger partial charge in [-0.25, -0.2) is 0 Å². The van der Waals surface area contributed by atoms with Gasteiger partial charge in [-0.15, -0.1) is 0 Å². The molecule has 0 aromatic heterocycles. The van der Waals surface area contributed by atoms with Crippen molar-refractivity contribution in [2.24, 2.45) is 0 Å². The van der Waals surface area contributed by atoms with Crippen LogP contribution >= 0.6 is 0 Å². The molecule has 6 heteroatoms. The quantitative estimate of drug-likeness (QED) is 0.321. The van der Waals surface area contributed by atoms with Crippen LogP contribution in [0.15, 0.2) is 0 Å². The number of ketones is 1. The third-order valence-corrected chi connectivity index (χ3v) is 1.83. The Morgan fingerprint density at radius 3 is 2.00 bits per heavy atom. The Balaban J connectivity index is 4.30. The van der Waals surface area contributed by atoms with Crippen LogP contribution in [-0.2, 0) is 4.79 Å². The molecule has 14 heavy (non-hydrogen) atoms. The molecule has 0 saturated heterocycles. The maximum absolute atomic E-state index is 10.8. The summed E-state index contributed by atoms with van der Waals surface area (Å²) in [4.78, 5) is 10.8. The Kier molecular flexibility index (Phi) is 5.82. The highest BCUT2D eigenvalue weighted by molar-refractivity contribution is 5.83. The molecular formula is C8H15O6. The number of carbonyl (C=O) groups is 1. The number of rotatable bonds is 6. The highest BCUT2D eigenvalue weighted by Gasteiger charge is 2.32. The number of carbonyl (C=O) groups excluding carboxylic acids is 1. The van der Waals surface area contributed by atoms with E-state index in [9.17, 15) is 4.79 Å². The maximum atomic E-state index is 10.8. The van der Waals surface area contributed by atoms with Crippen LogP contribution in [0.2, 0.25) is 0 Å². The van der Waals surface area contributed by atoms with E-state index in [1.54, 1.807) is 0 Å². The average Bonchev–Trinajstić information content (AvgIpc) is 2.23. The van der Waals surface area contributed by atoms with Gasteiger partial charge in [-0.1, -0.05) is 0 Å².